The Morgan fingerprint density at radius 2 is 1.78 bits per heavy atom. The number of hydrogen-bond acceptors (Lipinski definition) is 3. The first-order valence-corrected chi connectivity index (χ1v) is 12.5. The van der Waals surface area contributed by atoms with E-state index in [-0.39, 0.29) is 31.0 Å². The van der Waals surface area contributed by atoms with E-state index in [2.05, 4.69) is 0 Å². The van der Waals surface area contributed by atoms with E-state index in [1.165, 1.54) is 4.90 Å². The summed E-state index contributed by atoms with van der Waals surface area (Å²) in [5.74, 6) is -1.66. The summed E-state index contributed by atoms with van der Waals surface area (Å²) in [6.45, 7) is 1.26. The molecule has 0 spiro atoms. The Kier molecular flexibility index (Phi) is 8.44. The topological polar surface area (TPSA) is 49.9 Å². The lowest BCUT2D eigenvalue weighted by molar-refractivity contribution is -0.134. The Morgan fingerprint density at radius 1 is 1.05 bits per heavy atom. The molecule has 0 radical (unpaired) electrons. The number of ether oxygens (including phenoxy) is 1. The second kappa shape index (κ2) is 11.7. The van der Waals surface area contributed by atoms with Crippen LogP contribution in [0.3, 0.4) is 0 Å². The summed E-state index contributed by atoms with van der Waals surface area (Å²) in [5.41, 5.74) is 0.131. The SMILES string of the molecule is CN(Cc1ccccc1)C(=O)C[C@]1(COc2ccc(Cl)cc2)CCCN(C(=O)c2ccc(F)cc2F)C1. The standard InChI is InChI=1S/C29H29ClF2N2O3/c1-33(18-21-6-3-2-4-7-21)27(35)17-29(20-37-24-11-8-22(30)9-12-24)14-5-15-34(19-29)28(36)25-13-10-23(31)16-26(25)32/h2-4,6-13,16H,5,14-15,17-20H2,1H3/t29-/m1/s1. The van der Waals surface area contributed by atoms with Gasteiger partial charge in [0.1, 0.15) is 17.4 Å². The summed E-state index contributed by atoms with van der Waals surface area (Å²) in [6, 6.07) is 19.6. The van der Waals surface area contributed by atoms with Crippen LogP contribution in [-0.2, 0) is 11.3 Å². The van der Waals surface area contributed by atoms with Crippen LogP contribution in [0.5, 0.6) is 5.75 Å². The van der Waals surface area contributed by atoms with E-state index in [1.807, 2.05) is 30.3 Å². The highest BCUT2D eigenvalue weighted by atomic mass is 35.5. The van der Waals surface area contributed by atoms with Crippen molar-refractivity contribution >= 4 is 23.4 Å². The molecule has 4 rings (SSSR count). The molecular weight excluding hydrogens is 498 g/mol. The minimum Gasteiger partial charge on any atom is -0.493 e. The van der Waals surface area contributed by atoms with E-state index >= 15 is 0 Å². The van der Waals surface area contributed by atoms with Crippen LogP contribution in [-0.4, -0.2) is 48.4 Å². The van der Waals surface area contributed by atoms with E-state index in [9.17, 15) is 18.4 Å². The third kappa shape index (κ3) is 6.86. The first-order valence-electron chi connectivity index (χ1n) is 12.2. The summed E-state index contributed by atoms with van der Waals surface area (Å²) < 4.78 is 33.9. The van der Waals surface area contributed by atoms with Crippen molar-refractivity contribution in [3.63, 3.8) is 0 Å². The molecule has 1 aliphatic heterocycles. The zero-order valence-corrected chi connectivity index (χ0v) is 21.4. The monoisotopic (exact) mass is 526 g/mol. The highest BCUT2D eigenvalue weighted by Gasteiger charge is 2.41. The van der Waals surface area contributed by atoms with Crippen molar-refractivity contribution in [1.82, 2.24) is 9.80 Å². The average molecular weight is 527 g/mol. The quantitative estimate of drug-likeness (QED) is 0.363. The Labute approximate surface area is 220 Å². The fourth-order valence-corrected chi connectivity index (χ4v) is 4.82. The molecule has 0 N–H and O–H groups in total. The van der Waals surface area contributed by atoms with Gasteiger partial charge in [0.05, 0.1) is 12.2 Å². The summed E-state index contributed by atoms with van der Waals surface area (Å²) in [4.78, 5) is 29.8. The van der Waals surface area contributed by atoms with Gasteiger partial charge in [-0.05, 0) is 54.8 Å². The molecule has 0 unspecified atom stereocenters. The van der Waals surface area contributed by atoms with Gasteiger partial charge in [-0.1, -0.05) is 41.9 Å². The second-order valence-electron chi connectivity index (χ2n) is 9.61. The maximum absolute atomic E-state index is 14.4. The van der Waals surface area contributed by atoms with Gasteiger partial charge in [-0.3, -0.25) is 9.59 Å². The van der Waals surface area contributed by atoms with Gasteiger partial charge < -0.3 is 14.5 Å². The summed E-state index contributed by atoms with van der Waals surface area (Å²) >= 11 is 5.99. The summed E-state index contributed by atoms with van der Waals surface area (Å²) in [6.07, 6.45) is 1.43. The minimum atomic E-state index is -0.905. The number of hydrogen-bond donors (Lipinski definition) is 0. The minimum absolute atomic E-state index is 0.0779. The molecule has 194 valence electrons. The largest absolute Gasteiger partial charge is 0.493 e. The van der Waals surface area contributed by atoms with Gasteiger partial charge in [0, 0.05) is 49.6 Å². The predicted octanol–water partition coefficient (Wildman–Crippen LogP) is 5.97. The Bertz CT molecular complexity index is 1240. The molecule has 0 aliphatic carbocycles. The third-order valence-electron chi connectivity index (χ3n) is 6.68. The molecule has 0 saturated carbocycles. The molecule has 37 heavy (non-hydrogen) atoms. The number of nitrogens with zero attached hydrogens (tertiary/aromatic N) is 2. The van der Waals surface area contributed by atoms with E-state index in [4.69, 9.17) is 16.3 Å². The zero-order chi connectivity index (χ0) is 26.4. The number of carbonyl (C=O) groups is 2. The Morgan fingerprint density at radius 3 is 2.49 bits per heavy atom. The molecule has 1 aliphatic rings. The molecular formula is C29H29ClF2N2O3. The van der Waals surface area contributed by atoms with Crippen LogP contribution in [0.4, 0.5) is 8.78 Å². The van der Waals surface area contributed by atoms with Crippen molar-refractivity contribution in [3.05, 3.63) is 101 Å². The Balaban J connectivity index is 1.54. The lowest BCUT2D eigenvalue weighted by Gasteiger charge is -2.43. The maximum atomic E-state index is 14.4. The van der Waals surface area contributed by atoms with Crippen LogP contribution >= 0.6 is 11.6 Å². The van der Waals surface area contributed by atoms with Gasteiger partial charge in [0.2, 0.25) is 5.91 Å². The number of rotatable bonds is 8. The predicted molar refractivity (Wildman–Crippen MR) is 138 cm³/mol. The summed E-state index contributed by atoms with van der Waals surface area (Å²) in [5, 5.41) is 0.579. The van der Waals surface area contributed by atoms with Crippen LogP contribution in [0, 0.1) is 17.0 Å². The molecule has 0 bridgehead atoms. The molecule has 5 nitrogen and oxygen atoms in total. The third-order valence-corrected chi connectivity index (χ3v) is 6.94. The zero-order valence-electron chi connectivity index (χ0n) is 20.6. The smallest absolute Gasteiger partial charge is 0.256 e. The molecule has 1 fully saturated rings. The number of likely N-dealkylation sites (tertiary alicyclic amines) is 1. The number of benzene rings is 3. The Hall–Kier alpha value is -3.45. The average Bonchev–Trinajstić information content (AvgIpc) is 2.89. The fourth-order valence-electron chi connectivity index (χ4n) is 4.70. The van der Waals surface area contributed by atoms with Gasteiger partial charge in [0.15, 0.2) is 0 Å². The summed E-state index contributed by atoms with van der Waals surface area (Å²) in [7, 11) is 1.75. The molecule has 1 saturated heterocycles. The van der Waals surface area contributed by atoms with E-state index in [0.29, 0.717) is 42.8 Å². The fraction of sp³-hybridized carbons (Fsp3) is 0.310. The number of piperidine rings is 1. The van der Waals surface area contributed by atoms with Crippen LogP contribution in [0.15, 0.2) is 72.8 Å². The van der Waals surface area contributed by atoms with Gasteiger partial charge in [-0.2, -0.15) is 0 Å². The van der Waals surface area contributed by atoms with E-state index in [1.54, 1.807) is 36.2 Å². The normalized spacial score (nSPS) is 17.4. The van der Waals surface area contributed by atoms with Crippen molar-refractivity contribution < 1.29 is 23.1 Å². The van der Waals surface area contributed by atoms with Gasteiger partial charge in [-0.25, -0.2) is 8.78 Å². The van der Waals surface area contributed by atoms with Crippen LogP contribution in [0.25, 0.3) is 0 Å². The molecule has 1 atom stereocenters. The lowest BCUT2D eigenvalue weighted by atomic mass is 9.77. The van der Waals surface area contributed by atoms with Gasteiger partial charge in [0.25, 0.3) is 5.91 Å². The highest BCUT2D eigenvalue weighted by molar-refractivity contribution is 6.30. The molecule has 3 aromatic carbocycles. The van der Waals surface area contributed by atoms with Gasteiger partial charge >= 0.3 is 0 Å². The maximum Gasteiger partial charge on any atom is 0.256 e. The first-order chi connectivity index (χ1) is 17.7. The van der Waals surface area contributed by atoms with Crippen molar-refractivity contribution in [2.75, 3.05) is 26.7 Å². The van der Waals surface area contributed by atoms with Crippen LogP contribution in [0.2, 0.25) is 5.02 Å². The first kappa shape index (κ1) is 26.6. The second-order valence-corrected chi connectivity index (χ2v) is 10.0. The van der Waals surface area contributed by atoms with Crippen molar-refractivity contribution in [1.29, 1.82) is 0 Å². The van der Waals surface area contributed by atoms with Gasteiger partial charge in [-0.15, -0.1) is 0 Å². The molecule has 1 heterocycles. The number of halogens is 3. The molecule has 0 aromatic heterocycles. The molecule has 3 aromatic rings. The van der Waals surface area contributed by atoms with E-state index in [0.717, 1.165) is 17.7 Å². The van der Waals surface area contributed by atoms with E-state index < -0.39 is 23.0 Å². The number of carbonyl (C=O) groups excluding carboxylic acids is 2. The van der Waals surface area contributed by atoms with Crippen LogP contribution < -0.4 is 4.74 Å². The highest BCUT2D eigenvalue weighted by Crippen LogP contribution is 2.36. The number of amides is 2. The molecule has 2 amide bonds. The van der Waals surface area contributed by atoms with Crippen molar-refractivity contribution in [3.8, 4) is 5.75 Å². The lowest BCUT2D eigenvalue weighted by Crippen LogP contribution is -2.50. The molecule has 8 heteroatoms. The van der Waals surface area contributed by atoms with Crippen molar-refractivity contribution in [2.24, 2.45) is 5.41 Å². The van der Waals surface area contributed by atoms with Crippen LogP contribution in [0.1, 0.15) is 35.2 Å². The van der Waals surface area contributed by atoms with Crippen molar-refractivity contribution in [2.45, 2.75) is 25.8 Å².